The van der Waals surface area contributed by atoms with E-state index in [2.05, 4.69) is 5.32 Å². The molecule has 3 atom stereocenters. The summed E-state index contributed by atoms with van der Waals surface area (Å²) in [4.78, 5) is 40.3. The second kappa shape index (κ2) is 10.8. The Hall–Kier alpha value is -2.89. The summed E-state index contributed by atoms with van der Waals surface area (Å²) in [6, 6.07) is 15.9. The van der Waals surface area contributed by atoms with Crippen molar-refractivity contribution in [1.29, 1.82) is 5.41 Å². The first kappa shape index (κ1) is 25.2. The first-order valence-electron chi connectivity index (χ1n) is 10.7. The van der Waals surface area contributed by atoms with Gasteiger partial charge < -0.3 is 16.2 Å². The number of amidine groups is 1. The molecule has 4 rings (SSSR count). The molecule has 0 spiro atoms. The predicted octanol–water partition coefficient (Wildman–Crippen LogP) is 3.06. The molecule has 2 amide bonds. The highest BCUT2D eigenvalue weighted by Gasteiger charge is 2.54. The minimum absolute atomic E-state index is 0.0167. The van der Waals surface area contributed by atoms with Crippen LogP contribution in [-0.2, 0) is 20.8 Å². The minimum atomic E-state index is -1.19. The number of nitrogens with zero attached hydrogens (tertiary/aromatic N) is 1. The van der Waals surface area contributed by atoms with E-state index in [1.54, 1.807) is 0 Å². The molecular formula is C24H24N4O4S3. The quantitative estimate of drug-likeness (QED) is 0.221. The Labute approximate surface area is 215 Å². The van der Waals surface area contributed by atoms with Gasteiger partial charge in [0.05, 0.1) is 11.7 Å². The Morgan fingerprint density at radius 2 is 1.91 bits per heavy atom. The maximum Gasteiger partial charge on any atom is 0.353 e. The number of β-lactam (4-membered cyclic amide) rings is 1. The van der Waals surface area contributed by atoms with Crippen LogP contribution < -0.4 is 11.1 Å². The number of carbonyl (C=O) groups excluding carboxylic acids is 2. The Morgan fingerprint density at radius 3 is 2.57 bits per heavy atom. The number of benzene rings is 2. The number of fused-ring (bicyclic) bond motifs is 1. The van der Waals surface area contributed by atoms with Gasteiger partial charge in [-0.05, 0) is 23.4 Å². The highest BCUT2D eigenvalue weighted by Crippen LogP contribution is 2.46. The third-order valence-corrected chi connectivity index (χ3v) is 9.23. The summed E-state index contributed by atoms with van der Waals surface area (Å²) in [5.74, 6) is -1.51. The first-order chi connectivity index (χ1) is 16.8. The fraction of sp³-hybridized carbons (Fsp3) is 0.250. The monoisotopic (exact) mass is 528 g/mol. The molecule has 1 unspecified atom stereocenters. The van der Waals surface area contributed by atoms with E-state index in [0.717, 1.165) is 16.0 Å². The van der Waals surface area contributed by atoms with Gasteiger partial charge in [-0.25, -0.2) is 4.79 Å². The lowest BCUT2D eigenvalue weighted by molar-refractivity contribution is -0.150. The molecule has 35 heavy (non-hydrogen) atoms. The van der Waals surface area contributed by atoms with Crippen molar-refractivity contribution in [3.05, 3.63) is 76.3 Å². The third kappa shape index (κ3) is 5.21. The number of nitrogens with two attached hydrogens (primary N) is 1. The molecule has 0 aromatic heterocycles. The van der Waals surface area contributed by atoms with E-state index in [1.807, 2.05) is 60.9 Å². The molecule has 0 aliphatic carbocycles. The largest absolute Gasteiger partial charge is 0.477 e. The maximum absolute atomic E-state index is 13.0. The van der Waals surface area contributed by atoms with E-state index in [4.69, 9.17) is 11.1 Å². The van der Waals surface area contributed by atoms with Crippen LogP contribution in [0.5, 0.6) is 0 Å². The summed E-state index contributed by atoms with van der Waals surface area (Å²) < 4.78 is 0. The van der Waals surface area contributed by atoms with Crippen LogP contribution in [0, 0.1) is 5.41 Å². The number of carboxylic acid groups (broad SMARTS) is 1. The van der Waals surface area contributed by atoms with Gasteiger partial charge in [-0.1, -0.05) is 60.3 Å². The second-order valence-electron chi connectivity index (χ2n) is 7.91. The zero-order chi connectivity index (χ0) is 25.1. The number of thioether (sulfide) groups is 3. The molecule has 5 N–H and O–H groups in total. The fourth-order valence-corrected chi connectivity index (χ4v) is 7.44. The Balaban J connectivity index is 1.54. The molecule has 1 fully saturated rings. The number of hydrogen-bond acceptors (Lipinski definition) is 7. The first-order valence-corrected chi connectivity index (χ1v) is 13.8. The Bertz CT molecular complexity index is 1200. The predicted molar refractivity (Wildman–Crippen MR) is 140 cm³/mol. The topological polar surface area (TPSA) is 137 Å². The van der Waals surface area contributed by atoms with Crippen molar-refractivity contribution in [3.8, 4) is 0 Å². The molecule has 8 nitrogen and oxygen atoms in total. The SMILES string of the molecule is CSC(C(=N)N)c1ccccc1SC1=C(C(=O)O)N2C(=O)[C@@H](NC(=O)Cc3ccccc3)[C@@H]2SC1. The van der Waals surface area contributed by atoms with E-state index in [1.165, 1.54) is 40.2 Å². The summed E-state index contributed by atoms with van der Waals surface area (Å²) in [5.41, 5.74) is 7.38. The molecule has 0 bridgehead atoms. The van der Waals surface area contributed by atoms with Crippen molar-refractivity contribution in [2.24, 2.45) is 5.73 Å². The number of aliphatic carboxylic acids is 1. The average molecular weight is 529 g/mol. The third-order valence-electron chi connectivity index (χ3n) is 5.61. The van der Waals surface area contributed by atoms with E-state index in [-0.39, 0.29) is 29.1 Å². The number of rotatable bonds is 9. The van der Waals surface area contributed by atoms with Crippen molar-refractivity contribution in [3.63, 3.8) is 0 Å². The van der Waals surface area contributed by atoms with Crippen LogP contribution in [0.4, 0.5) is 0 Å². The van der Waals surface area contributed by atoms with Crippen molar-refractivity contribution in [2.75, 3.05) is 12.0 Å². The number of carboxylic acids is 1. The number of amides is 2. The van der Waals surface area contributed by atoms with Crippen molar-refractivity contribution < 1.29 is 19.5 Å². The van der Waals surface area contributed by atoms with E-state index in [9.17, 15) is 19.5 Å². The zero-order valence-electron chi connectivity index (χ0n) is 18.8. The van der Waals surface area contributed by atoms with E-state index >= 15 is 0 Å². The molecular weight excluding hydrogens is 504 g/mol. The lowest BCUT2D eigenvalue weighted by Gasteiger charge is -2.49. The Kier molecular flexibility index (Phi) is 7.78. The van der Waals surface area contributed by atoms with Gasteiger partial charge in [0.15, 0.2) is 0 Å². The summed E-state index contributed by atoms with van der Waals surface area (Å²) >= 11 is 4.13. The molecule has 11 heteroatoms. The van der Waals surface area contributed by atoms with Crippen LogP contribution in [0.25, 0.3) is 0 Å². The molecule has 2 heterocycles. The highest BCUT2D eigenvalue weighted by atomic mass is 32.2. The van der Waals surface area contributed by atoms with Gasteiger partial charge in [-0.2, -0.15) is 0 Å². The molecule has 182 valence electrons. The molecule has 0 radical (unpaired) electrons. The van der Waals surface area contributed by atoms with Gasteiger partial charge >= 0.3 is 5.97 Å². The maximum atomic E-state index is 13.0. The minimum Gasteiger partial charge on any atom is -0.477 e. The smallest absolute Gasteiger partial charge is 0.353 e. The summed E-state index contributed by atoms with van der Waals surface area (Å²) in [5, 5.41) is 19.8. The molecule has 2 aromatic rings. The lowest BCUT2D eigenvalue weighted by atomic mass is 10.0. The van der Waals surface area contributed by atoms with Gasteiger partial charge in [-0.3, -0.25) is 19.9 Å². The van der Waals surface area contributed by atoms with Crippen LogP contribution in [0.15, 0.2) is 70.1 Å². The normalized spacial score (nSPS) is 20.0. The zero-order valence-corrected chi connectivity index (χ0v) is 21.2. The van der Waals surface area contributed by atoms with E-state index < -0.39 is 23.3 Å². The van der Waals surface area contributed by atoms with Crippen molar-refractivity contribution in [1.82, 2.24) is 10.2 Å². The fourth-order valence-electron chi connectivity index (χ4n) is 4.02. The molecule has 2 aliphatic rings. The standard InChI is InChI=1S/C24H24N4O4S3/c1-33-20(21(25)26)14-9-5-6-10-15(14)35-16-12-34-23-18(22(30)28(23)19(16)24(31)32)27-17(29)11-13-7-3-2-4-8-13/h2-10,18,20,23H,11-12H2,1H3,(H3,25,26)(H,27,29)(H,31,32)/t18-,20?,23+/m1/s1. The van der Waals surface area contributed by atoms with Gasteiger partial charge in [0.25, 0.3) is 5.91 Å². The van der Waals surface area contributed by atoms with Crippen LogP contribution in [0.3, 0.4) is 0 Å². The second-order valence-corrected chi connectivity index (χ2v) is 11.1. The van der Waals surface area contributed by atoms with Crippen molar-refractivity contribution >= 4 is 58.9 Å². The highest BCUT2D eigenvalue weighted by molar-refractivity contribution is 8.06. The summed E-state index contributed by atoms with van der Waals surface area (Å²) in [6.45, 7) is 0. The molecule has 2 aromatic carbocycles. The van der Waals surface area contributed by atoms with Crippen molar-refractivity contribution in [2.45, 2.75) is 28.0 Å². The van der Waals surface area contributed by atoms with Crippen LogP contribution >= 0.6 is 35.3 Å². The molecule has 0 saturated carbocycles. The van der Waals surface area contributed by atoms with Gasteiger partial charge in [0, 0.05) is 15.6 Å². The average Bonchev–Trinajstić information content (AvgIpc) is 2.84. The van der Waals surface area contributed by atoms with Crippen LogP contribution in [0.1, 0.15) is 16.4 Å². The van der Waals surface area contributed by atoms with Crippen LogP contribution in [0.2, 0.25) is 0 Å². The summed E-state index contributed by atoms with van der Waals surface area (Å²) in [7, 11) is 0. The summed E-state index contributed by atoms with van der Waals surface area (Å²) in [6.07, 6.45) is 2.01. The van der Waals surface area contributed by atoms with Gasteiger partial charge in [0.1, 0.15) is 22.9 Å². The van der Waals surface area contributed by atoms with E-state index in [0.29, 0.717) is 10.7 Å². The molecule has 2 aliphatic heterocycles. The van der Waals surface area contributed by atoms with Crippen LogP contribution in [-0.4, -0.2) is 57.1 Å². The lowest BCUT2D eigenvalue weighted by Crippen LogP contribution is -2.70. The number of nitrogens with one attached hydrogen (secondary N) is 2. The van der Waals surface area contributed by atoms with Gasteiger partial charge in [-0.15, -0.1) is 23.5 Å². The number of hydrogen-bond donors (Lipinski definition) is 4. The Morgan fingerprint density at radius 1 is 1.23 bits per heavy atom. The van der Waals surface area contributed by atoms with Gasteiger partial charge in [0.2, 0.25) is 5.91 Å². The molecule has 1 saturated heterocycles. The number of carbonyl (C=O) groups is 3.